The summed E-state index contributed by atoms with van der Waals surface area (Å²) in [7, 11) is 0. The second-order valence-electron chi connectivity index (χ2n) is 6.19. The van der Waals surface area contributed by atoms with Gasteiger partial charge in [0.25, 0.3) is 0 Å². The lowest BCUT2D eigenvalue weighted by atomic mass is 9.94. The van der Waals surface area contributed by atoms with Crippen molar-refractivity contribution in [3.63, 3.8) is 0 Å². The third kappa shape index (κ3) is 2.67. The summed E-state index contributed by atoms with van der Waals surface area (Å²) in [5.74, 6) is -0.478. The molecule has 2 fully saturated rings. The van der Waals surface area contributed by atoms with E-state index in [1.165, 1.54) is 0 Å². The molecular weight excluding hydrogens is 242 g/mol. The van der Waals surface area contributed by atoms with Crippen LogP contribution in [0.25, 0.3) is 0 Å². The number of nitrogens with zero attached hydrogens (tertiary/aromatic N) is 1. The maximum absolute atomic E-state index is 12.4. The predicted octanol–water partition coefficient (Wildman–Crippen LogP) is 2.30. The molecule has 4 nitrogen and oxygen atoms in total. The molecular formula is C15H23NO3. The highest BCUT2D eigenvalue weighted by Crippen LogP contribution is 2.42. The fourth-order valence-electron chi connectivity index (χ4n) is 3.74. The average Bonchev–Trinajstić information content (AvgIpc) is 2.84. The van der Waals surface area contributed by atoms with Gasteiger partial charge in [0, 0.05) is 12.5 Å². The molecule has 0 bridgehead atoms. The molecule has 2 rings (SSSR count). The lowest BCUT2D eigenvalue weighted by Gasteiger charge is -2.27. The number of aliphatic carboxylic acids is 1. The molecule has 19 heavy (non-hydrogen) atoms. The molecule has 0 unspecified atom stereocenters. The zero-order valence-corrected chi connectivity index (χ0v) is 11.8. The van der Waals surface area contributed by atoms with Crippen LogP contribution in [0.3, 0.4) is 0 Å². The van der Waals surface area contributed by atoms with Crippen LogP contribution in [-0.4, -0.2) is 34.5 Å². The molecule has 4 atom stereocenters. The number of rotatable bonds is 4. The van der Waals surface area contributed by atoms with Gasteiger partial charge < -0.3 is 10.0 Å². The van der Waals surface area contributed by atoms with Gasteiger partial charge in [-0.25, -0.2) is 4.79 Å². The van der Waals surface area contributed by atoms with Crippen LogP contribution in [0.4, 0.5) is 0 Å². The van der Waals surface area contributed by atoms with Crippen molar-refractivity contribution in [2.24, 2.45) is 17.8 Å². The van der Waals surface area contributed by atoms with Crippen molar-refractivity contribution >= 4 is 11.9 Å². The second-order valence-corrected chi connectivity index (χ2v) is 6.19. The van der Waals surface area contributed by atoms with Gasteiger partial charge in [-0.2, -0.15) is 0 Å². The monoisotopic (exact) mass is 265 g/mol. The first-order valence-corrected chi connectivity index (χ1v) is 7.09. The fourth-order valence-corrected chi connectivity index (χ4v) is 3.74. The van der Waals surface area contributed by atoms with Gasteiger partial charge >= 0.3 is 5.97 Å². The number of carbonyl (C=O) groups excluding carboxylic acids is 1. The Labute approximate surface area is 114 Å². The van der Waals surface area contributed by atoms with Crippen molar-refractivity contribution in [3.8, 4) is 0 Å². The highest BCUT2D eigenvalue weighted by Gasteiger charge is 2.49. The van der Waals surface area contributed by atoms with E-state index in [1.807, 2.05) is 13.8 Å². The van der Waals surface area contributed by atoms with E-state index in [4.69, 9.17) is 0 Å². The number of hydrogen-bond donors (Lipinski definition) is 1. The summed E-state index contributed by atoms with van der Waals surface area (Å²) < 4.78 is 0. The number of carbonyl (C=O) groups is 2. The van der Waals surface area contributed by atoms with Crippen LogP contribution in [0.1, 0.15) is 39.5 Å². The maximum Gasteiger partial charge on any atom is 0.326 e. The fraction of sp³-hybridized carbons (Fsp3) is 0.733. The largest absolute Gasteiger partial charge is 0.480 e. The van der Waals surface area contributed by atoms with Crippen LogP contribution in [0.2, 0.25) is 0 Å². The number of carboxylic acids is 1. The smallest absolute Gasteiger partial charge is 0.326 e. The number of likely N-dealkylation sites (tertiary alicyclic amines) is 1. The first-order valence-electron chi connectivity index (χ1n) is 7.09. The Balaban J connectivity index is 2.12. The molecule has 0 aromatic rings. The molecule has 1 N–H and O–H groups in total. The van der Waals surface area contributed by atoms with Crippen molar-refractivity contribution in [3.05, 3.63) is 12.2 Å². The summed E-state index contributed by atoms with van der Waals surface area (Å²) >= 11 is 0. The van der Waals surface area contributed by atoms with E-state index in [0.717, 1.165) is 24.8 Å². The van der Waals surface area contributed by atoms with Gasteiger partial charge in [0.2, 0.25) is 5.91 Å². The van der Waals surface area contributed by atoms with Crippen molar-refractivity contribution < 1.29 is 14.7 Å². The van der Waals surface area contributed by atoms with Gasteiger partial charge in [0.05, 0.1) is 0 Å². The van der Waals surface area contributed by atoms with Crippen molar-refractivity contribution in [2.75, 3.05) is 6.54 Å². The van der Waals surface area contributed by atoms with Gasteiger partial charge in [-0.3, -0.25) is 4.79 Å². The SMILES string of the molecule is C=C(C)C[C@H](C)C(=O)N1C[C@@H]2CCC[C@H]2[C@H]1C(=O)O. The maximum atomic E-state index is 12.4. The molecule has 1 heterocycles. The first-order chi connectivity index (χ1) is 8.91. The Morgan fingerprint density at radius 2 is 2.11 bits per heavy atom. The number of fused-ring (bicyclic) bond motifs is 1. The molecule has 1 aliphatic heterocycles. The molecule has 0 radical (unpaired) electrons. The molecule has 1 saturated heterocycles. The third-order valence-corrected chi connectivity index (χ3v) is 4.50. The van der Waals surface area contributed by atoms with E-state index in [2.05, 4.69) is 6.58 Å². The minimum atomic E-state index is -0.842. The van der Waals surface area contributed by atoms with Gasteiger partial charge in [0.15, 0.2) is 0 Å². The Kier molecular flexibility index (Phi) is 3.97. The third-order valence-electron chi connectivity index (χ3n) is 4.50. The Morgan fingerprint density at radius 1 is 1.42 bits per heavy atom. The minimum Gasteiger partial charge on any atom is -0.480 e. The van der Waals surface area contributed by atoms with Crippen LogP contribution < -0.4 is 0 Å². The van der Waals surface area contributed by atoms with Gasteiger partial charge in [-0.05, 0) is 38.0 Å². The normalized spacial score (nSPS) is 31.1. The topological polar surface area (TPSA) is 57.6 Å². The van der Waals surface area contributed by atoms with Gasteiger partial charge in [-0.15, -0.1) is 6.58 Å². The van der Waals surface area contributed by atoms with Crippen LogP contribution in [-0.2, 0) is 9.59 Å². The average molecular weight is 265 g/mol. The van der Waals surface area contributed by atoms with Crippen molar-refractivity contribution in [1.29, 1.82) is 0 Å². The summed E-state index contributed by atoms with van der Waals surface area (Å²) in [5.41, 5.74) is 0.965. The standard InChI is InChI=1S/C15H23NO3/c1-9(2)7-10(3)14(17)16-8-11-5-4-6-12(11)13(16)15(18)19/h10-13H,1,4-8H2,2-3H3,(H,18,19)/t10-,11-,12+,13-/m0/s1. The molecule has 0 aromatic heterocycles. The summed E-state index contributed by atoms with van der Waals surface area (Å²) in [5, 5.41) is 9.43. The number of amides is 1. The van der Waals surface area contributed by atoms with Crippen LogP contribution >= 0.6 is 0 Å². The number of carboxylic acid groups (broad SMARTS) is 1. The van der Waals surface area contributed by atoms with E-state index in [9.17, 15) is 14.7 Å². The molecule has 4 heteroatoms. The highest BCUT2D eigenvalue weighted by molar-refractivity contribution is 5.86. The zero-order valence-electron chi connectivity index (χ0n) is 11.8. The number of allylic oxidation sites excluding steroid dienone is 1. The van der Waals surface area contributed by atoms with Gasteiger partial charge in [-0.1, -0.05) is 18.9 Å². The molecule has 106 valence electrons. The van der Waals surface area contributed by atoms with E-state index >= 15 is 0 Å². The van der Waals surface area contributed by atoms with Gasteiger partial charge in [0.1, 0.15) is 6.04 Å². The molecule has 0 aromatic carbocycles. The lowest BCUT2D eigenvalue weighted by molar-refractivity contribution is -0.151. The van der Waals surface area contributed by atoms with E-state index < -0.39 is 12.0 Å². The van der Waals surface area contributed by atoms with Crippen molar-refractivity contribution in [1.82, 2.24) is 4.90 Å². The number of hydrogen-bond acceptors (Lipinski definition) is 2. The van der Waals surface area contributed by atoms with Crippen LogP contribution in [0, 0.1) is 17.8 Å². The second kappa shape index (κ2) is 5.35. The summed E-state index contributed by atoms with van der Waals surface area (Å²) in [6, 6.07) is -0.604. The van der Waals surface area contributed by atoms with E-state index in [0.29, 0.717) is 18.9 Å². The minimum absolute atomic E-state index is 0.0233. The summed E-state index contributed by atoms with van der Waals surface area (Å²) in [4.78, 5) is 25.6. The first kappa shape index (κ1) is 14.1. The van der Waals surface area contributed by atoms with E-state index in [1.54, 1.807) is 4.90 Å². The Morgan fingerprint density at radius 3 is 2.68 bits per heavy atom. The summed E-state index contributed by atoms with van der Waals surface area (Å²) in [6.07, 6.45) is 3.74. The Bertz CT molecular complexity index is 404. The lowest BCUT2D eigenvalue weighted by Crippen LogP contribution is -2.45. The molecule has 1 amide bonds. The van der Waals surface area contributed by atoms with Crippen LogP contribution in [0.15, 0.2) is 12.2 Å². The predicted molar refractivity (Wildman–Crippen MR) is 72.6 cm³/mol. The molecule has 1 saturated carbocycles. The van der Waals surface area contributed by atoms with Crippen LogP contribution in [0.5, 0.6) is 0 Å². The molecule has 2 aliphatic rings. The zero-order chi connectivity index (χ0) is 14.2. The molecule has 1 aliphatic carbocycles. The van der Waals surface area contributed by atoms with Crippen molar-refractivity contribution in [2.45, 2.75) is 45.6 Å². The molecule has 0 spiro atoms. The quantitative estimate of drug-likeness (QED) is 0.793. The summed E-state index contributed by atoms with van der Waals surface area (Å²) in [6.45, 7) is 8.22. The van der Waals surface area contributed by atoms with E-state index in [-0.39, 0.29) is 17.7 Å². The highest BCUT2D eigenvalue weighted by atomic mass is 16.4. The Hall–Kier alpha value is -1.32.